The predicted octanol–water partition coefficient (Wildman–Crippen LogP) is 5.36. The van der Waals surface area contributed by atoms with Crippen molar-refractivity contribution in [2.24, 2.45) is 0 Å². The van der Waals surface area contributed by atoms with E-state index in [1.165, 1.54) is 0 Å². The number of rotatable bonds is 2. The molecule has 132 valence electrons. The van der Waals surface area contributed by atoms with Gasteiger partial charge in [0.1, 0.15) is 28.2 Å². The molecule has 1 aromatic carbocycles. The van der Waals surface area contributed by atoms with Crippen LogP contribution in [0.3, 0.4) is 0 Å². The molecule has 23 heavy (non-hydrogen) atoms. The average molecular weight is 468 g/mol. The van der Waals surface area contributed by atoms with Gasteiger partial charge in [0.2, 0.25) is 0 Å². The van der Waals surface area contributed by atoms with E-state index in [-0.39, 0.29) is 0 Å². The zero-order valence-electron chi connectivity index (χ0n) is 11.1. The van der Waals surface area contributed by atoms with Gasteiger partial charge in [-0.05, 0) is 22.6 Å². The molecule has 0 saturated heterocycles. The number of benzene rings is 1. The third-order valence-corrected chi connectivity index (χ3v) is 3.64. The third-order valence-electron chi connectivity index (χ3n) is 2.61. The van der Waals surface area contributed by atoms with Gasteiger partial charge in [-0.1, -0.05) is 0 Å². The molecule has 0 amide bonds. The molecule has 0 aliphatic carbocycles. The van der Waals surface area contributed by atoms with Crippen molar-refractivity contribution in [3.63, 3.8) is 0 Å². The smallest absolute Gasteiger partial charge is 0.421 e. The molecule has 0 spiro atoms. The summed E-state index contributed by atoms with van der Waals surface area (Å²) in [4.78, 5) is 0. The molecule has 0 saturated carbocycles. The van der Waals surface area contributed by atoms with Gasteiger partial charge in [-0.15, -0.1) is 0 Å². The first kappa shape index (κ1) is 20.0. The highest BCUT2D eigenvalue weighted by molar-refractivity contribution is 14.1. The molecule has 1 aromatic rings. The van der Waals surface area contributed by atoms with Crippen LogP contribution in [0.4, 0.5) is 39.5 Å². The number of alkyl halides is 9. The largest absolute Gasteiger partial charge is 0.495 e. The Morgan fingerprint density at radius 1 is 0.609 bits per heavy atom. The summed E-state index contributed by atoms with van der Waals surface area (Å²) in [5.74, 6) is -3.53. The summed E-state index contributed by atoms with van der Waals surface area (Å²) in [5.41, 5.74) is -6.95. The second-order valence-electron chi connectivity index (χ2n) is 4.00. The van der Waals surface area contributed by atoms with Crippen LogP contribution in [0.25, 0.3) is 0 Å². The molecule has 0 heterocycles. The summed E-state index contributed by atoms with van der Waals surface area (Å²) in [5, 5.41) is 0. The van der Waals surface area contributed by atoms with E-state index in [1.807, 2.05) is 0 Å². The van der Waals surface area contributed by atoms with Crippen molar-refractivity contribution in [1.82, 2.24) is 0 Å². The molecule has 0 aromatic heterocycles. The van der Waals surface area contributed by atoms with E-state index in [9.17, 15) is 39.5 Å². The van der Waals surface area contributed by atoms with E-state index in [4.69, 9.17) is 0 Å². The second-order valence-corrected chi connectivity index (χ2v) is 5.08. The van der Waals surface area contributed by atoms with Crippen molar-refractivity contribution < 1.29 is 49.0 Å². The van der Waals surface area contributed by atoms with Crippen molar-refractivity contribution in [1.29, 1.82) is 0 Å². The van der Waals surface area contributed by atoms with Crippen molar-refractivity contribution >= 4 is 22.6 Å². The molecule has 1 rings (SSSR count). The maximum Gasteiger partial charge on any atom is 0.421 e. The minimum atomic E-state index is -5.76. The van der Waals surface area contributed by atoms with Crippen LogP contribution >= 0.6 is 22.6 Å². The summed E-state index contributed by atoms with van der Waals surface area (Å²) < 4.78 is 124. The van der Waals surface area contributed by atoms with E-state index in [0.29, 0.717) is 14.2 Å². The summed E-state index contributed by atoms with van der Waals surface area (Å²) in [7, 11) is 0.960. The van der Waals surface area contributed by atoms with E-state index < -0.39 is 50.3 Å². The highest BCUT2D eigenvalue weighted by Crippen LogP contribution is 2.55. The Labute approximate surface area is 136 Å². The maximum atomic E-state index is 13.0. The van der Waals surface area contributed by atoms with Crippen LogP contribution in [0.15, 0.2) is 0 Å². The third kappa shape index (κ3) is 3.71. The van der Waals surface area contributed by atoms with Crippen LogP contribution in [0.1, 0.15) is 16.7 Å². The molecule has 0 N–H and O–H groups in total. The SMILES string of the molecule is COc1c(I)c(C(F)(F)F)c(OC)c(C(F)(F)F)c1C(F)(F)F. The van der Waals surface area contributed by atoms with Crippen LogP contribution in [-0.2, 0) is 18.5 Å². The average Bonchev–Trinajstić information content (AvgIpc) is 2.32. The Bertz CT molecular complexity index is 602. The zero-order chi connectivity index (χ0) is 18.4. The lowest BCUT2D eigenvalue weighted by molar-refractivity contribution is -0.166. The number of methoxy groups -OCH3 is 2. The van der Waals surface area contributed by atoms with Crippen molar-refractivity contribution in [2.45, 2.75) is 18.5 Å². The van der Waals surface area contributed by atoms with E-state index in [2.05, 4.69) is 9.47 Å². The van der Waals surface area contributed by atoms with E-state index >= 15 is 0 Å². The Hall–Kier alpha value is -1.08. The van der Waals surface area contributed by atoms with Gasteiger partial charge in [0.05, 0.1) is 17.8 Å². The van der Waals surface area contributed by atoms with Crippen molar-refractivity contribution in [3.05, 3.63) is 20.3 Å². The Morgan fingerprint density at radius 2 is 0.913 bits per heavy atom. The highest BCUT2D eigenvalue weighted by atomic mass is 127. The van der Waals surface area contributed by atoms with Gasteiger partial charge >= 0.3 is 18.5 Å². The normalized spacial score (nSPS) is 13.2. The lowest BCUT2D eigenvalue weighted by Gasteiger charge is -2.25. The van der Waals surface area contributed by atoms with Crippen LogP contribution in [0, 0.1) is 3.57 Å². The highest BCUT2D eigenvalue weighted by Gasteiger charge is 2.53. The fourth-order valence-electron chi connectivity index (χ4n) is 1.86. The number of hydrogen-bond acceptors (Lipinski definition) is 2. The predicted molar refractivity (Wildman–Crippen MR) is 67.3 cm³/mol. The molecule has 0 atom stereocenters. The molecular formula is C11H6F9IO2. The standard InChI is InChI=1S/C11H6F9IO2/c1-22-7-3(9(12,13)14)4(10(15,16)17)8(23-2)6(21)5(7)11(18,19)20/h1-2H3. The Morgan fingerprint density at radius 3 is 1.17 bits per heavy atom. The Balaban J connectivity index is 4.20. The van der Waals surface area contributed by atoms with Gasteiger partial charge in [-0.25, -0.2) is 0 Å². The van der Waals surface area contributed by atoms with Crippen LogP contribution in [-0.4, -0.2) is 14.2 Å². The van der Waals surface area contributed by atoms with Gasteiger partial charge in [0.15, 0.2) is 0 Å². The molecule has 12 heteroatoms. The summed E-state index contributed by atoms with van der Waals surface area (Å²) in [6, 6.07) is 0. The first-order chi connectivity index (χ1) is 10.2. The topological polar surface area (TPSA) is 18.5 Å². The molecule has 2 nitrogen and oxygen atoms in total. The zero-order valence-corrected chi connectivity index (χ0v) is 13.3. The summed E-state index contributed by atoms with van der Waals surface area (Å²) in [6.45, 7) is 0. The monoisotopic (exact) mass is 468 g/mol. The maximum absolute atomic E-state index is 13.0. The van der Waals surface area contributed by atoms with Crippen molar-refractivity contribution in [2.75, 3.05) is 14.2 Å². The molecule has 0 bridgehead atoms. The van der Waals surface area contributed by atoms with Crippen LogP contribution < -0.4 is 9.47 Å². The molecular weight excluding hydrogens is 462 g/mol. The minimum absolute atomic E-state index is 0.419. The quantitative estimate of drug-likeness (QED) is 0.430. The molecule has 0 radical (unpaired) electrons. The fraction of sp³-hybridized carbons (Fsp3) is 0.455. The lowest BCUT2D eigenvalue weighted by Crippen LogP contribution is -2.23. The Kier molecular flexibility index (Phi) is 5.29. The number of ether oxygens (including phenoxy) is 2. The number of hydrogen-bond donors (Lipinski definition) is 0. The van der Waals surface area contributed by atoms with Gasteiger partial charge < -0.3 is 9.47 Å². The molecule has 0 unspecified atom stereocenters. The molecule has 0 aliphatic heterocycles. The van der Waals surface area contributed by atoms with Crippen molar-refractivity contribution in [3.8, 4) is 11.5 Å². The van der Waals surface area contributed by atoms with Gasteiger partial charge in [-0.2, -0.15) is 39.5 Å². The van der Waals surface area contributed by atoms with E-state index in [1.54, 1.807) is 0 Å². The van der Waals surface area contributed by atoms with Gasteiger partial charge in [-0.3, -0.25) is 0 Å². The van der Waals surface area contributed by atoms with Gasteiger partial charge in [0, 0.05) is 0 Å². The minimum Gasteiger partial charge on any atom is -0.495 e. The van der Waals surface area contributed by atoms with E-state index in [0.717, 1.165) is 22.6 Å². The summed E-state index contributed by atoms with van der Waals surface area (Å²) in [6.07, 6.45) is -16.8. The van der Waals surface area contributed by atoms with Crippen LogP contribution in [0.2, 0.25) is 0 Å². The first-order valence-corrected chi connectivity index (χ1v) is 6.44. The second kappa shape index (κ2) is 6.09. The molecule has 0 aliphatic rings. The lowest BCUT2D eigenvalue weighted by atomic mass is 9.99. The number of halogens is 10. The summed E-state index contributed by atoms with van der Waals surface area (Å²) >= 11 is 0.833. The van der Waals surface area contributed by atoms with Crippen LogP contribution in [0.5, 0.6) is 11.5 Å². The first-order valence-electron chi connectivity index (χ1n) is 5.36. The fourth-order valence-corrected chi connectivity index (χ4v) is 2.91. The van der Waals surface area contributed by atoms with Gasteiger partial charge in [0.25, 0.3) is 0 Å². The molecule has 0 fully saturated rings.